The summed E-state index contributed by atoms with van der Waals surface area (Å²) in [5.74, 6) is -0.510. The van der Waals surface area contributed by atoms with Crippen LogP contribution in [0.2, 0.25) is 0 Å². The number of primary amides is 1. The van der Waals surface area contributed by atoms with Crippen molar-refractivity contribution in [3.63, 3.8) is 0 Å². The molecule has 0 unspecified atom stereocenters. The lowest BCUT2D eigenvalue weighted by molar-refractivity contribution is 0.100. The molecule has 0 spiro atoms. The Labute approximate surface area is 92.3 Å². The van der Waals surface area contributed by atoms with Gasteiger partial charge in [-0.25, -0.2) is 0 Å². The minimum absolute atomic E-state index is 0.113. The molecule has 82 valence electrons. The number of pyridine rings is 1. The molecule has 2 aromatic rings. The van der Waals surface area contributed by atoms with Crippen molar-refractivity contribution < 1.29 is 4.79 Å². The Kier molecular flexibility index (Phi) is 2.27. The second-order valence-electron chi connectivity index (χ2n) is 3.73. The zero-order chi connectivity index (χ0) is 11.9. The molecule has 4 nitrogen and oxygen atoms in total. The van der Waals surface area contributed by atoms with Gasteiger partial charge in [-0.05, 0) is 13.0 Å². The third-order valence-corrected chi connectivity index (χ3v) is 2.84. The van der Waals surface area contributed by atoms with Crippen LogP contribution in [0.5, 0.6) is 0 Å². The first kappa shape index (κ1) is 10.4. The quantitative estimate of drug-likeness (QED) is 0.771. The highest BCUT2D eigenvalue weighted by molar-refractivity contribution is 6.06. The third-order valence-electron chi connectivity index (χ3n) is 2.84. The molecule has 2 rings (SSSR count). The number of fused-ring (bicyclic) bond motifs is 1. The summed E-state index contributed by atoms with van der Waals surface area (Å²) in [6, 6.07) is 6.99. The van der Waals surface area contributed by atoms with Gasteiger partial charge in [-0.1, -0.05) is 18.2 Å². The van der Waals surface area contributed by atoms with E-state index in [1.165, 1.54) is 4.57 Å². The molecule has 0 fully saturated rings. The predicted octanol–water partition coefficient (Wildman–Crippen LogP) is 0.946. The summed E-state index contributed by atoms with van der Waals surface area (Å²) in [6.07, 6.45) is 0. The van der Waals surface area contributed by atoms with Crippen LogP contribution in [0.4, 0.5) is 0 Å². The normalized spacial score (nSPS) is 10.6. The highest BCUT2D eigenvalue weighted by Crippen LogP contribution is 2.17. The van der Waals surface area contributed by atoms with E-state index in [1.54, 1.807) is 38.2 Å². The Bertz CT molecular complexity index is 641. The Morgan fingerprint density at radius 1 is 1.25 bits per heavy atom. The highest BCUT2D eigenvalue weighted by Gasteiger charge is 2.14. The van der Waals surface area contributed by atoms with E-state index in [0.29, 0.717) is 22.0 Å². The van der Waals surface area contributed by atoms with E-state index in [4.69, 9.17) is 5.73 Å². The fourth-order valence-corrected chi connectivity index (χ4v) is 1.89. The van der Waals surface area contributed by atoms with E-state index < -0.39 is 5.91 Å². The summed E-state index contributed by atoms with van der Waals surface area (Å²) in [6.45, 7) is 1.72. The van der Waals surface area contributed by atoms with Crippen LogP contribution >= 0.6 is 0 Å². The Morgan fingerprint density at radius 3 is 2.38 bits per heavy atom. The summed E-state index contributed by atoms with van der Waals surface area (Å²) < 4.78 is 1.45. The molecule has 0 bridgehead atoms. The maximum Gasteiger partial charge on any atom is 0.258 e. The maximum atomic E-state index is 11.9. The number of rotatable bonds is 1. The van der Waals surface area contributed by atoms with Crippen molar-refractivity contribution in [3.05, 3.63) is 45.9 Å². The molecule has 16 heavy (non-hydrogen) atoms. The van der Waals surface area contributed by atoms with Crippen LogP contribution in [0, 0.1) is 6.92 Å². The van der Waals surface area contributed by atoms with Crippen molar-refractivity contribution in [2.24, 2.45) is 12.8 Å². The van der Waals surface area contributed by atoms with Gasteiger partial charge in [0.1, 0.15) is 0 Å². The average molecular weight is 216 g/mol. The number of aromatic nitrogens is 1. The molecule has 0 radical (unpaired) electrons. The lowest BCUT2D eigenvalue weighted by Gasteiger charge is -2.11. The van der Waals surface area contributed by atoms with Crippen LogP contribution < -0.4 is 11.3 Å². The molecule has 0 saturated heterocycles. The third kappa shape index (κ3) is 1.31. The fourth-order valence-electron chi connectivity index (χ4n) is 1.89. The number of nitrogens with two attached hydrogens (primary N) is 1. The van der Waals surface area contributed by atoms with E-state index in [-0.39, 0.29) is 5.56 Å². The van der Waals surface area contributed by atoms with Gasteiger partial charge in [-0.15, -0.1) is 0 Å². The van der Waals surface area contributed by atoms with Crippen molar-refractivity contribution in [2.75, 3.05) is 0 Å². The Hall–Kier alpha value is -2.10. The van der Waals surface area contributed by atoms with E-state index in [0.717, 1.165) is 0 Å². The molecule has 0 aliphatic heterocycles. The molecular formula is C12H12N2O2. The smallest absolute Gasteiger partial charge is 0.258 e. The SMILES string of the molecule is Cc1c(C(N)=O)c2ccccc2c(=O)n1C. The number of benzene rings is 1. The summed E-state index contributed by atoms with van der Waals surface area (Å²) in [5.41, 5.74) is 6.24. The molecule has 0 aliphatic rings. The number of hydrogen-bond acceptors (Lipinski definition) is 2. The number of hydrogen-bond donors (Lipinski definition) is 1. The van der Waals surface area contributed by atoms with E-state index in [9.17, 15) is 9.59 Å². The van der Waals surface area contributed by atoms with Gasteiger partial charge in [-0.2, -0.15) is 0 Å². The fraction of sp³-hybridized carbons (Fsp3) is 0.167. The molecule has 2 N–H and O–H groups in total. The standard InChI is InChI=1S/C12H12N2O2/c1-7-10(11(13)15)8-5-3-4-6-9(8)12(16)14(7)2/h3-6H,1-2H3,(H2,13,15). The minimum atomic E-state index is -0.510. The molecule has 1 amide bonds. The first-order valence-electron chi connectivity index (χ1n) is 4.92. The van der Waals surface area contributed by atoms with Gasteiger partial charge in [-0.3, -0.25) is 9.59 Å². The van der Waals surface area contributed by atoms with Gasteiger partial charge in [0.25, 0.3) is 11.5 Å². The predicted molar refractivity (Wildman–Crippen MR) is 62.4 cm³/mol. The van der Waals surface area contributed by atoms with Crippen LogP contribution in [0.25, 0.3) is 10.8 Å². The summed E-state index contributed by atoms with van der Waals surface area (Å²) in [4.78, 5) is 23.3. The maximum absolute atomic E-state index is 11.9. The van der Waals surface area contributed by atoms with Crippen LogP contribution in [0.1, 0.15) is 16.1 Å². The number of carbonyl (C=O) groups is 1. The Morgan fingerprint density at radius 2 is 1.81 bits per heavy atom. The van der Waals surface area contributed by atoms with Gasteiger partial charge < -0.3 is 10.3 Å². The van der Waals surface area contributed by atoms with Gasteiger partial charge in [0, 0.05) is 23.5 Å². The summed E-state index contributed by atoms with van der Waals surface area (Å²) in [5, 5.41) is 1.14. The summed E-state index contributed by atoms with van der Waals surface area (Å²) in [7, 11) is 1.64. The first-order chi connectivity index (χ1) is 7.54. The Balaban J connectivity index is 3.10. The topological polar surface area (TPSA) is 65.1 Å². The largest absolute Gasteiger partial charge is 0.366 e. The molecule has 0 saturated carbocycles. The lowest BCUT2D eigenvalue weighted by atomic mass is 10.0. The first-order valence-corrected chi connectivity index (χ1v) is 4.92. The lowest BCUT2D eigenvalue weighted by Crippen LogP contribution is -2.25. The van der Waals surface area contributed by atoms with Crippen LogP contribution in [-0.4, -0.2) is 10.5 Å². The molecular weight excluding hydrogens is 204 g/mol. The molecule has 0 atom stereocenters. The van der Waals surface area contributed by atoms with E-state index in [1.807, 2.05) is 0 Å². The molecule has 0 aliphatic carbocycles. The second-order valence-corrected chi connectivity index (χ2v) is 3.73. The van der Waals surface area contributed by atoms with Gasteiger partial charge in [0.05, 0.1) is 5.56 Å². The number of amides is 1. The van der Waals surface area contributed by atoms with Crippen LogP contribution in [-0.2, 0) is 7.05 Å². The number of carbonyl (C=O) groups excluding carboxylic acids is 1. The number of nitrogens with zero attached hydrogens (tertiary/aromatic N) is 1. The zero-order valence-corrected chi connectivity index (χ0v) is 9.15. The summed E-state index contributed by atoms with van der Waals surface area (Å²) >= 11 is 0. The van der Waals surface area contributed by atoms with E-state index >= 15 is 0 Å². The van der Waals surface area contributed by atoms with Crippen LogP contribution in [0.15, 0.2) is 29.1 Å². The molecule has 4 heteroatoms. The molecule has 1 heterocycles. The van der Waals surface area contributed by atoms with Crippen molar-refractivity contribution in [1.29, 1.82) is 0 Å². The monoisotopic (exact) mass is 216 g/mol. The molecule has 1 aromatic carbocycles. The van der Waals surface area contributed by atoms with Gasteiger partial charge in [0.2, 0.25) is 0 Å². The van der Waals surface area contributed by atoms with Crippen molar-refractivity contribution in [1.82, 2.24) is 4.57 Å². The highest BCUT2D eigenvalue weighted by atomic mass is 16.1. The van der Waals surface area contributed by atoms with Gasteiger partial charge in [0.15, 0.2) is 0 Å². The van der Waals surface area contributed by atoms with Crippen molar-refractivity contribution in [3.8, 4) is 0 Å². The van der Waals surface area contributed by atoms with Crippen molar-refractivity contribution in [2.45, 2.75) is 6.92 Å². The van der Waals surface area contributed by atoms with Crippen molar-refractivity contribution >= 4 is 16.7 Å². The van der Waals surface area contributed by atoms with E-state index in [2.05, 4.69) is 0 Å². The average Bonchev–Trinajstić information content (AvgIpc) is 2.26. The zero-order valence-electron chi connectivity index (χ0n) is 9.15. The van der Waals surface area contributed by atoms with Crippen LogP contribution in [0.3, 0.4) is 0 Å². The molecule has 1 aromatic heterocycles. The van der Waals surface area contributed by atoms with Gasteiger partial charge >= 0.3 is 0 Å². The second kappa shape index (κ2) is 3.48. The minimum Gasteiger partial charge on any atom is -0.366 e.